The first-order valence-corrected chi connectivity index (χ1v) is 27.0. The van der Waals surface area contributed by atoms with Crippen molar-refractivity contribution in [2.45, 2.75) is 152 Å². The van der Waals surface area contributed by atoms with Crippen LogP contribution in [0.2, 0.25) is 0 Å². The molecule has 14 N–H and O–H groups in total. The summed E-state index contributed by atoms with van der Waals surface area (Å²) in [7, 11) is -22.6. The molecule has 0 aromatic rings. The van der Waals surface area contributed by atoms with Gasteiger partial charge < -0.3 is 29.4 Å². The summed E-state index contributed by atoms with van der Waals surface area (Å²) < 4.78 is 50.9. The van der Waals surface area contributed by atoms with Crippen LogP contribution in [0.5, 0.6) is 0 Å². The van der Waals surface area contributed by atoms with E-state index in [0.717, 1.165) is 47.3 Å². The molecule has 25 heteroatoms. The molecule has 10 atom stereocenters. The van der Waals surface area contributed by atoms with Crippen molar-refractivity contribution < 1.29 is 60.6 Å². The van der Waals surface area contributed by atoms with E-state index in [1.807, 2.05) is 0 Å². The zero-order chi connectivity index (χ0) is 40.3. The maximum absolute atomic E-state index is 10.7. The number of hydrogen-bond donors (Lipinski definition) is 14. The zero-order valence-electron chi connectivity index (χ0n) is 31.9. The maximum atomic E-state index is 10.7. The first-order valence-electron chi connectivity index (χ1n) is 20.9. The predicted molar refractivity (Wildman–Crippen MR) is 204 cm³/mol. The molecule has 9 rings (SSSR count). The van der Waals surface area contributed by atoms with Gasteiger partial charge >= 0.3 is 31.3 Å². The highest BCUT2D eigenvalue weighted by atomic mass is 31.3. The van der Waals surface area contributed by atoms with E-state index in [1.165, 1.54) is 103 Å². The van der Waals surface area contributed by atoms with E-state index in [-0.39, 0.29) is 0 Å². The Hall–Kier alpha value is 0.240. The fraction of sp³-hybridized carbons (Fsp3) is 1.00. The van der Waals surface area contributed by atoms with Crippen LogP contribution in [0.15, 0.2) is 0 Å². The maximum Gasteiger partial charge on any atom is 0.490 e. The Balaban J connectivity index is 0.000000229. The third-order valence-electron chi connectivity index (χ3n) is 14.4. The summed E-state index contributed by atoms with van der Waals surface area (Å²) >= 11 is 0. The van der Waals surface area contributed by atoms with E-state index in [4.69, 9.17) is 29.4 Å². The molecule has 8 bridgehead atoms. The predicted octanol–water partition coefficient (Wildman–Crippen LogP) is 2.03. The molecule has 21 nitrogen and oxygen atoms in total. The lowest BCUT2D eigenvalue weighted by atomic mass is 9.76. The van der Waals surface area contributed by atoms with Gasteiger partial charge in [-0.15, -0.1) is 0 Å². The minimum absolute atomic E-state index is 0.420. The molecule has 57 heavy (non-hydrogen) atoms. The van der Waals surface area contributed by atoms with Crippen molar-refractivity contribution in [2.75, 3.05) is 0 Å². The normalized spacial score (nSPS) is 46.6. The van der Waals surface area contributed by atoms with Gasteiger partial charge in [0.1, 0.15) is 0 Å². The second-order valence-electron chi connectivity index (χ2n) is 17.8. The van der Waals surface area contributed by atoms with Gasteiger partial charge in [0.25, 0.3) is 0 Å². The van der Waals surface area contributed by atoms with Gasteiger partial charge in [0.2, 0.25) is 0 Å². The molecule has 5 saturated heterocycles. The summed E-state index contributed by atoms with van der Waals surface area (Å²) in [5.74, 6) is 5.97. The van der Waals surface area contributed by atoms with Gasteiger partial charge in [-0.2, -0.15) is 12.9 Å². The zero-order valence-corrected chi connectivity index (χ0v) is 35.5. The van der Waals surface area contributed by atoms with Gasteiger partial charge in [0.15, 0.2) is 0 Å². The topological polar surface area (TPSA) is 314 Å². The number of nitrogens with one attached hydrogen (secondary N) is 8. The average Bonchev–Trinajstić information content (AvgIpc) is 3.85. The van der Waals surface area contributed by atoms with Crippen molar-refractivity contribution >= 4 is 31.3 Å². The van der Waals surface area contributed by atoms with Gasteiger partial charge in [-0.25, -0.2) is 18.3 Å². The minimum atomic E-state index is -5.77. The molecule has 0 amide bonds. The lowest BCUT2D eigenvalue weighted by molar-refractivity contribution is 0.167. The molecular weight excluding hydrogens is 828 g/mol. The Labute approximate surface area is 333 Å². The monoisotopic (exact) mass is 890 g/mol. The van der Waals surface area contributed by atoms with Gasteiger partial charge in [-0.3, -0.25) is 42.5 Å². The fourth-order valence-electron chi connectivity index (χ4n) is 12.4. The molecule has 5 aliphatic heterocycles. The summed E-state index contributed by atoms with van der Waals surface area (Å²) in [4.78, 5) is 49.4. The Morgan fingerprint density at radius 2 is 0.456 bits per heavy atom. The van der Waals surface area contributed by atoms with E-state index >= 15 is 0 Å². The van der Waals surface area contributed by atoms with Crippen LogP contribution in [0.4, 0.5) is 0 Å². The van der Waals surface area contributed by atoms with E-state index < -0.39 is 31.3 Å². The molecule has 0 aromatic carbocycles. The largest absolute Gasteiger partial charge is 0.490 e. The summed E-state index contributed by atoms with van der Waals surface area (Å²) in [6.07, 6.45) is 25.6. The summed E-state index contributed by atoms with van der Waals surface area (Å²) in [5, 5.41) is 33.8. The van der Waals surface area contributed by atoms with Crippen molar-refractivity contribution in [2.24, 2.45) is 47.3 Å². The fourth-order valence-corrected chi connectivity index (χ4v) is 16.4. The first-order chi connectivity index (χ1) is 26.9. The Bertz CT molecular complexity index is 1380. The molecule has 0 spiro atoms. The number of rotatable bonds is 6. The van der Waals surface area contributed by atoms with Crippen LogP contribution >= 0.6 is 31.3 Å². The van der Waals surface area contributed by atoms with Crippen LogP contribution in [0.25, 0.3) is 0 Å². The molecule has 10 unspecified atom stereocenters. The van der Waals surface area contributed by atoms with Crippen molar-refractivity contribution in [1.82, 2.24) is 42.5 Å². The molecule has 4 saturated carbocycles. The average molecular weight is 891 g/mol. The SMILES string of the molecule is C1CCC2C3NC(NC4NC(NC5NC(NC6NC(N3)C3CCCCC63)C3CCCCC53)C3CCCCC43)C2C1.O=P(O)(O)OP(=O)(O)OP(=O)(O)OP(=O)(O)O. The van der Waals surface area contributed by atoms with Crippen molar-refractivity contribution in [1.29, 1.82) is 0 Å². The van der Waals surface area contributed by atoms with Crippen molar-refractivity contribution in [3.8, 4) is 0 Å². The van der Waals surface area contributed by atoms with Crippen LogP contribution in [-0.4, -0.2) is 78.7 Å². The highest BCUT2D eigenvalue weighted by Gasteiger charge is 2.54. The quantitative estimate of drug-likeness (QED) is 0.170. The standard InChI is InChI=1S/C32H56N8.H6O13P4/c1-2-10-18-17(9-1)25-33-26(18)38-28-21-13-5-6-14-22(21)30(35-28)40-32-24-16-8-7-15-23(24)31(36-32)39-29-20-12-4-3-11-19(20)27(34-29)37-25;1-14(2,3)11-16(7,8)13-17(9,10)12-15(4,5)6/h17-40H,1-16H2;(H,7,8)(H,9,10)(H2,1,2,3)(H2,4,5,6). The Morgan fingerprint density at radius 1 is 0.298 bits per heavy atom. The van der Waals surface area contributed by atoms with Crippen LogP contribution in [0.3, 0.4) is 0 Å². The van der Waals surface area contributed by atoms with E-state index in [2.05, 4.69) is 55.5 Å². The highest BCUT2D eigenvalue weighted by Crippen LogP contribution is 2.69. The first kappa shape index (κ1) is 43.9. The molecule has 9 aliphatic rings. The molecular formula is C32H62N8O13P4. The lowest BCUT2D eigenvalue weighted by Crippen LogP contribution is -2.61. The van der Waals surface area contributed by atoms with Crippen molar-refractivity contribution in [3.63, 3.8) is 0 Å². The second-order valence-corrected chi connectivity index (χ2v) is 23.6. The van der Waals surface area contributed by atoms with Crippen LogP contribution in [-0.2, 0) is 31.2 Å². The van der Waals surface area contributed by atoms with Crippen molar-refractivity contribution in [3.05, 3.63) is 0 Å². The third kappa shape index (κ3) is 10.4. The summed E-state index contributed by atoms with van der Waals surface area (Å²) in [6, 6.07) is 0. The molecule has 9 fully saturated rings. The Morgan fingerprint density at radius 3 is 0.596 bits per heavy atom. The Kier molecular flexibility index (Phi) is 13.4. The molecule has 328 valence electrons. The van der Waals surface area contributed by atoms with E-state index in [1.54, 1.807) is 0 Å². The number of phosphoric acid groups is 4. The molecule has 5 heterocycles. The third-order valence-corrected chi connectivity index (χ3v) is 19.4. The van der Waals surface area contributed by atoms with Crippen LogP contribution in [0.1, 0.15) is 103 Å². The van der Waals surface area contributed by atoms with Gasteiger partial charge in [-0.05, 0) is 98.7 Å². The smallest absolute Gasteiger partial charge is 0.302 e. The minimum Gasteiger partial charge on any atom is -0.302 e. The van der Waals surface area contributed by atoms with Crippen LogP contribution < -0.4 is 42.5 Å². The summed E-state index contributed by atoms with van der Waals surface area (Å²) in [6.45, 7) is 0. The second kappa shape index (κ2) is 17.4. The molecule has 0 aromatic heterocycles. The van der Waals surface area contributed by atoms with Gasteiger partial charge in [-0.1, -0.05) is 51.4 Å². The number of fused-ring (bicyclic) bond motifs is 20. The highest BCUT2D eigenvalue weighted by molar-refractivity contribution is 7.69. The van der Waals surface area contributed by atoms with E-state index in [0.29, 0.717) is 49.3 Å². The van der Waals surface area contributed by atoms with E-state index in [9.17, 15) is 18.3 Å². The van der Waals surface area contributed by atoms with Crippen LogP contribution in [0, 0.1) is 47.3 Å². The summed E-state index contributed by atoms with van der Waals surface area (Å²) in [5.41, 5.74) is 0. The van der Waals surface area contributed by atoms with Gasteiger partial charge in [0, 0.05) is 0 Å². The molecule has 0 radical (unpaired) electrons. The molecule has 4 aliphatic carbocycles. The lowest BCUT2D eigenvalue weighted by Gasteiger charge is -2.35. The van der Waals surface area contributed by atoms with Gasteiger partial charge in [0.05, 0.1) is 49.3 Å². The number of hydrogen-bond acceptors (Lipinski definition) is 15.